The second-order valence-corrected chi connectivity index (χ2v) is 8.10. The van der Waals surface area contributed by atoms with E-state index in [4.69, 9.17) is 10.2 Å². The number of pyridine rings is 1. The van der Waals surface area contributed by atoms with Gasteiger partial charge < -0.3 is 10.6 Å². The van der Waals surface area contributed by atoms with Gasteiger partial charge in [-0.2, -0.15) is 15.3 Å². The summed E-state index contributed by atoms with van der Waals surface area (Å²) in [7, 11) is 0. The number of nitriles is 1. The van der Waals surface area contributed by atoms with Crippen molar-refractivity contribution in [2.24, 2.45) is 0 Å². The van der Waals surface area contributed by atoms with Crippen molar-refractivity contribution in [1.82, 2.24) is 25.1 Å². The van der Waals surface area contributed by atoms with Crippen LogP contribution in [0, 0.1) is 25.2 Å². The molecule has 0 saturated heterocycles. The maximum Gasteiger partial charge on any atom is 0.229 e. The van der Waals surface area contributed by atoms with E-state index in [1.165, 1.54) is 0 Å². The lowest BCUT2D eigenvalue weighted by Gasteiger charge is -2.17. The number of benzene rings is 2. The highest BCUT2D eigenvalue weighted by molar-refractivity contribution is 5.81. The third kappa shape index (κ3) is 4.70. The number of aromatic amines is 1. The molecule has 0 spiro atoms. The second kappa shape index (κ2) is 9.45. The minimum absolute atomic E-state index is 0.438. The molecule has 5 aromatic rings. The molecule has 3 heterocycles. The van der Waals surface area contributed by atoms with E-state index in [0.717, 1.165) is 44.8 Å². The van der Waals surface area contributed by atoms with Gasteiger partial charge in [0.05, 0.1) is 17.8 Å². The van der Waals surface area contributed by atoms with Crippen molar-refractivity contribution in [3.63, 3.8) is 0 Å². The molecule has 0 aliphatic carbocycles. The first-order valence-electron chi connectivity index (χ1n) is 11.0. The van der Waals surface area contributed by atoms with E-state index < -0.39 is 0 Å². The molecule has 0 saturated carbocycles. The van der Waals surface area contributed by atoms with Gasteiger partial charge in [0.2, 0.25) is 5.95 Å². The van der Waals surface area contributed by atoms with Gasteiger partial charge in [0.25, 0.3) is 0 Å². The third-order valence-corrected chi connectivity index (χ3v) is 5.66. The number of hydrogen-bond donors (Lipinski definition) is 3. The molecule has 0 unspecified atom stereocenters. The van der Waals surface area contributed by atoms with Crippen LogP contribution in [0.5, 0.6) is 0 Å². The Balaban J connectivity index is 1.51. The summed E-state index contributed by atoms with van der Waals surface area (Å²) in [5.74, 6) is 1.09. The molecule has 0 radical (unpaired) electrons. The van der Waals surface area contributed by atoms with Crippen LogP contribution in [0.4, 0.5) is 23.1 Å². The van der Waals surface area contributed by atoms with Crippen LogP contribution in [-0.2, 0) is 0 Å². The Morgan fingerprint density at radius 2 is 1.60 bits per heavy atom. The fourth-order valence-corrected chi connectivity index (χ4v) is 3.89. The fraction of sp³-hybridized carbons (Fsp3) is 0.0741. The molecule has 3 N–H and O–H groups in total. The lowest BCUT2D eigenvalue weighted by molar-refractivity contribution is 1.09. The van der Waals surface area contributed by atoms with Crippen molar-refractivity contribution in [2.75, 3.05) is 10.6 Å². The number of anilines is 4. The van der Waals surface area contributed by atoms with E-state index in [1.54, 1.807) is 36.9 Å². The first-order valence-corrected chi connectivity index (χ1v) is 11.0. The standard InChI is InChI=1S/C27H22N8/c1-17-11-21(20-7-9-29-10-8-20)12-18(2)25(17)34-26-24(22-14-31-32-15-22)16-30-27(35-26)33-23-5-3-19(13-28)4-6-23/h3-12,14-16H,1-2H3,(H,31,32)(H2,30,33,34,35). The average Bonchev–Trinajstić information content (AvgIpc) is 3.42. The summed E-state index contributed by atoms with van der Waals surface area (Å²) < 4.78 is 0. The van der Waals surface area contributed by atoms with Crippen molar-refractivity contribution in [2.45, 2.75) is 13.8 Å². The highest BCUT2D eigenvalue weighted by atomic mass is 15.1. The summed E-state index contributed by atoms with van der Waals surface area (Å²) in [5.41, 5.74) is 8.50. The van der Waals surface area contributed by atoms with E-state index in [2.05, 4.69) is 62.8 Å². The smallest absolute Gasteiger partial charge is 0.229 e. The van der Waals surface area contributed by atoms with Crippen molar-refractivity contribution in [3.05, 3.63) is 96.2 Å². The topological polar surface area (TPSA) is 115 Å². The zero-order chi connectivity index (χ0) is 24.2. The maximum absolute atomic E-state index is 9.03. The average molecular weight is 459 g/mol. The highest BCUT2D eigenvalue weighted by Crippen LogP contribution is 2.34. The van der Waals surface area contributed by atoms with Crippen molar-refractivity contribution in [1.29, 1.82) is 5.26 Å². The number of nitrogens with one attached hydrogen (secondary N) is 3. The Morgan fingerprint density at radius 1 is 0.857 bits per heavy atom. The molecular formula is C27H22N8. The Bertz CT molecular complexity index is 1480. The quantitative estimate of drug-likeness (QED) is 0.290. The van der Waals surface area contributed by atoms with Crippen molar-refractivity contribution >= 4 is 23.1 Å². The normalized spacial score (nSPS) is 10.5. The lowest BCUT2D eigenvalue weighted by Crippen LogP contribution is -2.05. The van der Waals surface area contributed by atoms with Crippen LogP contribution in [0.2, 0.25) is 0 Å². The molecule has 5 rings (SSSR count). The van der Waals surface area contributed by atoms with Gasteiger partial charge in [-0.1, -0.05) is 0 Å². The SMILES string of the molecule is Cc1cc(-c2ccncc2)cc(C)c1Nc1nc(Nc2ccc(C#N)cc2)ncc1-c1cn[nH]c1. The van der Waals surface area contributed by atoms with Gasteiger partial charge in [-0.3, -0.25) is 10.1 Å². The molecule has 0 aliphatic heterocycles. The molecule has 0 bridgehead atoms. The molecule has 170 valence electrons. The first-order chi connectivity index (χ1) is 17.1. The third-order valence-electron chi connectivity index (χ3n) is 5.66. The predicted octanol–water partition coefficient (Wildman–Crippen LogP) is 5.90. The van der Waals surface area contributed by atoms with Gasteiger partial charge in [0, 0.05) is 47.3 Å². The summed E-state index contributed by atoms with van der Waals surface area (Å²) in [6, 6.07) is 17.6. The summed E-state index contributed by atoms with van der Waals surface area (Å²) >= 11 is 0. The first kappa shape index (κ1) is 21.8. The molecule has 0 atom stereocenters. The second-order valence-electron chi connectivity index (χ2n) is 8.10. The van der Waals surface area contributed by atoms with Gasteiger partial charge in [-0.15, -0.1) is 0 Å². The van der Waals surface area contributed by atoms with Crippen LogP contribution in [0.1, 0.15) is 16.7 Å². The monoisotopic (exact) mass is 458 g/mol. The van der Waals surface area contributed by atoms with E-state index >= 15 is 0 Å². The van der Waals surface area contributed by atoms with E-state index in [0.29, 0.717) is 17.3 Å². The number of H-pyrrole nitrogens is 1. The van der Waals surface area contributed by atoms with Gasteiger partial charge >= 0.3 is 0 Å². The Hall–Kier alpha value is -5.03. The van der Waals surface area contributed by atoms with Crippen LogP contribution in [0.15, 0.2) is 79.5 Å². The number of aromatic nitrogens is 5. The molecule has 35 heavy (non-hydrogen) atoms. The Kier molecular flexibility index (Phi) is 5.89. The van der Waals surface area contributed by atoms with Gasteiger partial charge in [-0.05, 0) is 84.6 Å². The highest BCUT2D eigenvalue weighted by Gasteiger charge is 2.14. The molecule has 0 amide bonds. The lowest BCUT2D eigenvalue weighted by atomic mass is 9.99. The molecule has 8 heteroatoms. The van der Waals surface area contributed by atoms with Crippen molar-refractivity contribution in [3.8, 4) is 28.3 Å². The number of rotatable bonds is 6. The van der Waals surface area contributed by atoms with E-state index in [1.807, 2.05) is 30.5 Å². The molecule has 8 nitrogen and oxygen atoms in total. The van der Waals surface area contributed by atoms with Crippen LogP contribution in [0.25, 0.3) is 22.3 Å². The van der Waals surface area contributed by atoms with Crippen LogP contribution < -0.4 is 10.6 Å². The van der Waals surface area contributed by atoms with Gasteiger partial charge in [-0.25, -0.2) is 4.98 Å². The van der Waals surface area contributed by atoms with Gasteiger partial charge in [0.15, 0.2) is 0 Å². The van der Waals surface area contributed by atoms with Crippen LogP contribution in [0.3, 0.4) is 0 Å². The van der Waals surface area contributed by atoms with Crippen LogP contribution >= 0.6 is 0 Å². The Morgan fingerprint density at radius 3 is 2.26 bits per heavy atom. The Labute approximate surface area is 202 Å². The fourth-order valence-electron chi connectivity index (χ4n) is 3.89. The molecule has 0 aliphatic rings. The molecule has 0 fully saturated rings. The van der Waals surface area contributed by atoms with E-state index in [-0.39, 0.29) is 0 Å². The summed E-state index contributed by atoms with van der Waals surface area (Å²) in [6.45, 7) is 4.16. The predicted molar refractivity (Wildman–Crippen MR) is 136 cm³/mol. The van der Waals surface area contributed by atoms with E-state index in [9.17, 15) is 0 Å². The zero-order valence-corrected chi connectivity index (χ0v) is 19.2. The van der Waals surface area contributed by atoms with Crippen molar-refractivity contribution < 1.29 is 0 Å². The summed E-state index contributed by atoms with van der Waals surface area (Å²) in [6.07, 6.45) is 8.91. The molecule has 2 aromatic carbocycles. The number of nitrogens with zero attached hydrogens (tertiary/aromatic N) is 5. The molecular weight excluding hydrogens is 436 g/mol. The largest absolute Gasteiger partial charge is 0.339 e. The minimum atomic E-state index is 0.438. The summed E-state index contributed by atoms with van der Waals surface area (Å²) in [4.78, 5) is 13.4. The zero-order valence-electron chi connectivity index (χ0n) is 19.2. The number of hydrogen-bond acceptors (Lipinski definition) is 7. The minimum Gasteiger partial charge on any atom is -0.339 e. The molecule has 3 aromatic heterocycles. The maximum atomic E-state index is 9.03. The van der Waals surface area contributed by atoms with Gasteiger partial charge in [0.1, 0.15) is 5.82 Å². The van der Waals surface area contributed by atoms with Crippen LogP contribution in [-0.4, -0.2) is 25.1 Å². The number of aryl methyl sites for hydroxylation is 2. The summed E-state index contributed by atoms with van der Waals surface area (Å²) in [5, 5.41) is 22.7.